The van der Waals surface area contributed by atoms with Crippen LogP contribution in [-0.4, -0.2) is 30.4 Å². The van der Waals surface area contributed by atoms with E-state index in [2.05, 4.69) is 68.1 Å². The minimum Gasteiger partial charge on any atom is -0.321 e. The largest absolute Gasteiger partial charge is 0.321 e. The van der Waals surface area contributed by atoms with Crippen molar-refractivity contribution < 1.29 is 4.79 Å². The fraction of sp³-hybridized carbons (Fsp3) is 0.350. The van der Waals surface area contributed by atoms with Crippen LogP contribution >= 0.6 is 11.8 Å². The molecule has 126 valence electrons. The Morgan fingerprint density at radius 3 is 2.42 bits per heavy atom. The monoisotopic (exact) mass is 340 g/mol. The molecule has 1 aliphatic heterocycles. The van der Waals surface area contributed by atoms with Crippen molar-refractivity contribution in [2.24, 2.45) is 0 Å². The number of benzene rings is 2. The number of ketones is 1. The number of fused-ring (bicyclic) bond motifs is 2. The van der Waals surface area contributed by atoms with E-state index in [0.29, 0.717) is 6.42 Å². The highest BCUT2D eigenvalue weighted by Gasteiger charge is 2.36. The number of carbonyl (C=O) groups is 1. The zero-order chi connectivity index (χ0) is 17.5. The molecule has 0 radical (unpaired) electrons. The van der Waals surface area contributed by atoms with E-state index < -0.39 is 0 Å². The van der Waals surface area contributed by atoms with Gasteiger partial charge in [0.15, 0.2) is 5.78 Å². The molecule has 0 fully saturated rings. The van der Waals surface area contributed by atoms with Crippen molar-refractivity contribution in [3.8, 4) is 0 Å². The van der Waals surface area contributed by atoms with Crippen LogP contribution in [0.4, 0.5) is 11.4 Å². The lowest BCUT2D eigenvalue weighted by Gasteiger charge is -2.47. The first-order valence-electron chi connectivity index (χ1n) is 8.28. The molecule has 24 heavy (non-hydrogen) atoms. The fourth-order valence-electron chi connectivity index (χ4n) is 2.92. The van der Waals surface area contributed by atoms with E-state index in [-0.39, 0.29) is 11.4 Å². The van der Waals surface area contributed by atoms with E-state index in [1.165, 1.54) is 10.6 Å². The number of carbonyl (C=O) groups excluding carboxylic acids is 1. The van der Waals surface area contributed by atoms with Crippen LogP contribution < -0.4 is 4.90 Å². The lowest BCUT2D eigenvalue weighted by Crippen LogP contribution is -2.52. The van der Waals surface area contributed by atoms with Gasteiger partial charge in [-0.1, -0.05) is 30.8 Å². The summed E-state index contributed by atoms with van der Waals surface area (Å²) < 4.78 is 0. The molecule has 3 rings (SSSR count). The SMILES string of the molecule is CCC(=O)c1ccc2c(c1)Sc1ccccc1N2C(C)(C)N(C)C. The molecule has 0 aromatic heterocycles. The number of para-hydroxylation sites is 1. The maximum absolute atomic E-state index is 12.1. The Bertz CT molecular complexity index is 783. The van der Waals surface area contributed by atoms with Gasteiger partial charge in [-0.3, -0.25) is 9.69 Å². The molecule has 2 aromatic carbocycles. The standard InChI is InChI=1S/C20H24N2OS/c1-6-17(23)14-11-12-16-19(13-14)24-18-10-8-7-9-15(18)22(16)20(2,3)21(4)5/h7-13H,6H2,1-5H3. The van der Waals surface area contributed by atoms with Gasteiger partial charge in [0.25, 0.3) is 0 Å². The van der Waals surface area contributed by atoms with Gasteiger partial charge in [0.05, 0.1) is 17.0 Å². The Hall–Kier alpha value is -1.78. The average Bonchev–Trinajstić information content (AvgIpc) is 2.57. The van der Waals surface area contributed by atoms with Gasteiger partial charge >= 0.3 is 0 Å². The van der Waals surface area contributed by atoms with Crippen LogP contribution in [-0.2, 0) is 0 Å². The average molecular weight is 340 g/mol. The molecule has 0 saturated heterocycles. The number of hydrogen-bond donors (Lipinski definition) is 0. The Labute approximate surface area is 148 Å². The zero-order valence-corrected chi connectivity index (χ0v) is 15.8. The van der Waals surface area contributed by atoms with E-state index in [9.17, 15) is 4.79 Å². The minimum absolute atomic E-state index is 0.190. The maximum atomic E-state index is 12.1. The first-order chi connectivity index (χ1) is 11.4. The number of rotatable bonds is 4. The van der Waals surface area contributed by atoms with Crippen LogP contribution in [0.15, 0.2) is 52.3 Å². The summed E-state index contributed by atoms with van der Waals surface area (Å²) >= 11 is 1.74. The summed E-state index contributed by atoms with van der Waals surface area (Å²) in [5.41, 5.74) is 2.97. The van der Waals surface area contributed by atoms with Gasteiger partial charge in [0.2, 0.25) is 0 Å². The van der Waals surface area contributed by atoms with E-state index in [1.807, 2.05) is 19.1 Å². The molecule has 0 aliphatic carbocycles. The van der Waals surface area contributed by atoms with Crippen molar-refractivity contribution in [2.45, 2.75) is 42.6 Å². The van der Waals surface area contributed by atoms with Gasteiger partial charge in [-0.2, -0.15) is 0 Å². The highest BCUT2D eigenvalue weighted by molar-refractivity contribution is 7.99. The van der Waals surface area contributed by atoms with Crippen molar-refractivity contribution in [3.05, 3.63) is 48.0 Å². The Balaban J connectivity index is 2.19. The third-order valence-electron chi connectivity index (χ3n) is 4.81. The van der Waals surface area contributed by atoms with Crippen LogP contribution in [0.5, 0.6) is 0 Å². The molecular weight excluding hydrogens is 316 g/mol. The van der Waals surface area contributed by atoms with Crippen molar-refractivity contribution in [1.29, 1.82) is 0 Å². The van der Waals surface area contributed by atoms with Gasteiger partial charge in [0.1, 0.15) is 0 Å². The van der Waals surface area contributed by atoms with Crippen LogP contribution in [0.25, 0.3) is 0 Å². The van der Waals surface area contributed by atoms with Crippen LogP contribution in [0.1, 0.15) is 37.6 Å². The molecule has 0 atom stereocenters. The summed E-state index contributed by atoms with van der Waals surface area (Å²) in [6, 6.07) is 14.6. The first kappa shape index (κ1) is 17.1. The number of nitrogens with zero attached hydrogens (tertiary/aromatic N) is 2. The Morgan fingerprint density at radius 2 is 1.75 bits per heavy atom. The molecule has 0 amide bonds. The van der Waals surface area contributed by atoms with E-state index in [4.69, 9.17) is 0 Å². The molecule has 0 spiro atoms. The summed E-state index contributed by atoms with van der Waals surface area (Å²) in [7, 11) is 4.19. The minimum atomic E-state index is -0.192. The van der Waals surface area contributed by atoms with E-state index in [1.54, 1.807) is 11.8 Å². The summed E-state index contributed by atoms with van der Waals surface area (Å²) in [4.78, 5) is 19.1. The van der Waals surface area contributed by atoms with Crippen LogP contribution in [0.2, 0.25) is 0 Å². The predicted octanol–water partition coefficient (Wildman–Crippen LogP) is 5.18. The van der Waals surface area contributed by atoms with Crippen LogP contribution in [0.3, 0.4) is 0 Å². The van der Waals surface area contributed by atoms with Crippen molar-refractivity contribution in [1.82, 2.24) is 4.90 Å². The maximum Gasteiger partial charge on any atom is 0.162 e. The topological polar surface area (TPSA) is 23.6 Å². The highest BCUT2D eigenvalue weighted by atomic mass is 32.2. The van der Waals surface area contributed by atoms with E-state index in [0.717, 1.165) is 16.1 Å². The predicted molar refractivity (Wildman–Crippen MR) is 102 cm³/mol. The van der Waals surface area contributed by atoms with Gasteiger partial charge in [-0.25, -0.2) is 0 Å². The smallest absolute Gasteiger partial charge is 0.162 e. The van der Waals surface area contributed by atoms with Gasteiger partial charge < -0.3 is 4.90 Å². The molecule has 1 heterocycles. The molecule has 0 N–H and O–H groups in total. The van der Waals surface area contributed by atoms with Gasteiger partial charge in [-0.05, 0) is 58.3 Å². The van der Waals surface area contributed by atoms with Gasteiger partial charge in [0, 0.05) is 21.8 Å². The Kier molecular flexibility index (Phi) is 4.45. The highest BCUT2D eigenvalue weighted by Crippen LogP contribution is 2.51. The van der Waals surface area contributed by atoms with E-state index >= 15 is 0 Å². The third-order valence-corrected chi connectivity index (χ3v) is 5.92. The summed E-state index contributed by atoms with van der Waals surface area (Å²) in [6.07, 6.45) is 0.535. The van der Waals surface area contributed by atoms with Crippen molar-refractivity contribution in [2.75, 3.05) is 19.0 Å². The molecule has 2 aromatic rings. The normalized spacial score (nSPS) is 13.7. The molecule has 4 heteroatoms. The second-order valence-corrected chi connectivity index (χ2v) is 7.84. The lowest BCUT2D eigenvalue weighted by molar-refractivity contribution is 0.0988. The molecule has 0 bridgehead atoms. The number of Topliss-reactive ketones (excluding diaryl/α,β-unsaturated/α-hetero) is 1. The fourth-order valence-corrected chi connectivity index (χ4v) is 4.02. The molecule has 3 nitrogen and oxygen atoms in total. The molecule has 1 aliphatic rings. The zero-order valence-electron chi connectivity index (χ0n) is 15.0. The molecular formula is C20H24N2OS. The van der Waals surface area contributed by atoms with Crippen LogP contribution in [0, 0.1) is 0 Å². The summed E-state index contributed by atoms with van der Waals surface area (Å²) in [6.45, 7) is 6.34. The Morgan fingerprint density at radius 1 is 1.08 bits per heavy atom. The quantitative estimate of drug-likeness (QED) is 0.716. The number of anilines is 2. The summed E-state index contributed by atoms with van der Waals surface area (Å²) in [5, 5.41) is 0. The second-order valence-electron chi connectivity index (χ2n) is 6.75. The number of hydrogen-bond acceptors (Lipinski definition) is 4. The third kappa shape index (κ3) is 2.74. The van der Waals surface area contributed by atoms with Crippen molar-refractivity contribution >= 4 is 28.9 Å². The molecule has 0 unspecified atom stereocenters. The first-order valence-corrected chi connectivity index (χ1v) is 9.09. The second kappa shape index (κ2) is 6.26. The van der Waals surface area contributed by atoms with Crippen molar-refractivity contribution in [3.63, 3.8) is 0 Å². The van der Waals surface area contributed by atoms with Gasteiger partial charge in [-0.15, -0.1) is 0 Å². The summed E-state index contributed by atoms with van der Waals surface area (Å²) in [5.74, 6) is 0.190. The molecule has 0 saturated carbocycles. The lowest BCUT2D eigenvalue weighted by atomic mass is 10.0.